The van der Waals surface area contributed by atoms with E-state index in [0.717, 1.165) is 19.3 Å². The number of amides is 1. The maximum absolute atomic E-state index is 12.3. The van der Waals surface area contributed by atoms with E-state index in [-0.39, 0.29) is 34.7 Å². The largest absolute Gasteiger partial charge is 0.375 e. The lowest BCUT2D eigenvalue weighted by Gasteiger charge is -2.26. The molecule has 5 atom stereocenters. The minimum absolute atomic E-state index is 0.0779. The molecule has 6 nitrogen and oxygen atoms in total. The fraction of sp³-hybridized carbons (Fsp3) is 0.944. The van der Waals surface area contributed by atoms with E-state index in [1.165, 1.54) is 0 Å². The fourth-order valence-electron chi connectivity index (χ4n) is 4.96. The first-order valence-electron chi connectivity index (χ1n) is 9.44. The van der Waals surface area contributed by atoms with Gasteiger partial charge in [-0.15, -0.1) is 0 Å². The first-order chi connectivity index (χ1) is 11.6. The predicted octanol–water partition coefficient (Wildman–Crippen LogP) is 2.09. The van der Waals surface area contributed by atoms with Crippen molar-refractivity contribution in [1.29, 1.82) is 0 Å². The Morgan fingerprint density at radius 1 is 1.32 bits per heavy atom. The number of ether oxygens (including phenoxy) is 1. The molecule has 1 N–H and O–H groups in total. The molecule has 7 heteroatoms. The summed E-state index contributed by atoms with van der Waals surface area (Å²) in [5.74, 6) is 0.982. The first kappa shape index (κ1) is 19.1. The van der Waals surface area contributed by atoms with Gasteiger partial charge in [0.15, 0.2) is 0 Å². The van der Waals surface area contributed by atoms with Crippen LogP contribution in [0.3, 0.4) is 0 Å². The summed E-state index contributed by atoms with van der Waals surface area (Å²) in [5, 5.41) is 2.69. The summed E-state index contributed by atoms with van der Waals surface area (Å²) in [4.78, 5) is 12.3. The number of fused-ring (bicyclic) bond motifs is 1. The van der Waals surface area contributed by atoms with Crippen molar-refractivity contribution in [2.24, 2.45) is 23.2 Å². The molecule has 0 aromatic carbocycles. The summed E-state index contributed by atoms with van der Waals surface area (Å²) in [6, 6.07) is 0. The summed E-state index contributed by atoms with van der Waals surface area (Å²) in [6.45, 7) is 9.28. The topological polar surface area (TPSA) is 81.7 Å². The SMILES string of the molecule is CC(C)CC(C)(C)C(=O)NCCCOC1C2CC3C1OS(=O)(=O)C3C2. The summed E-state index contributed by atoms with van der Waals surface area (Å²) in [5.41, 5.74) is -0.360. The van der Waals surface area contributed by atoms with E-state index >= 15 is 0 Å². The predicted molar refractivity (Wildman–Crippen MR) is 94.4 cm³/mol. The van der Waals surface area contributed by atoms with Gasteiger partial charge in [0, 0.05) is 24.5 Å². The zero-order valence-electron chi connectivity index (χ0n) is 15.7. The van der Waals surface area contributed by atoms with E-state index < -0.39 is 10.1 Å². The van der Waals surface area contributed by atoms with E-state index in [2.05, 4.69) is 19.2 Å². The van der Waals surface area contributed by atoms with Crippen LogP contribution in [0.2, 0.25) is 0 Å². The van der Waals surface area contributed by atoms with Gasteiger partial charge >= 0.3 is 0 Å². The Morgan fingerprint density at radius 2 is 2.04 bits per heavy atom. The lowest BCUT2D eigenvalue weighted by Crippen LogP contribution is -2.39. The molecule has 25 heavy (non-hydrogen) atoms. The number of rotatable bonds is 8. The van der Waals surface area contributed by atoms with Crippen LogP contribution in [0, 0.1) is 23.2 Å². The molecule has 0 spiro atoms. The van der Waals surface area contributed by atoms with Crippen LogP contribution in [0.5, 0.6) is 0 Å². The number of hydrogen-bond acceptors (Lipinski definition) is 5. The molecule has 3 aliphatic rings. The zero-order chi connectivity index (χ0) is 18.4. The molecule has 5 unspecified atom stereocenters. The van der Waals surface area contributed by atoms with Crippen molar-refractivity contribution < 1.29 is 22.1 Å². The Kier molecular flexibility index (Phi) is 5.21. The van der Waals surface area contributed by atoms with Crippen LogP contribution in [-0.4, -0.2) is 44.9 Å². The van der Waals surface area contributed by atoms with Crippen LogP contribution in [0.4, 0.5) is 0 Å². The molecule has 0 radical (unpaired) electrons. The highest BCUT2D eigenvalue weighted by Crippen LogP contribution is 2.55. The minimum atomic E-state index is -3.37. The van der Waals surface area contributed by atoms with Gasteiger partial charge in [0.2, 0.25) is 5.91 Å². The van der Waals surface area contributed by atoms with E-state index in [9.17, 15) is 13.2 Å². The summed E-state index contributed by atoms with van der Waals surface area (Å²) in [6.07, 6.45) is 2.77. The van der Waals surface area contributed by atoms with Crippen molar-refractivity contribution in [2.75, 3.05) is 13.2 Å². The zero-order valence-corrected chi connectivity index (χ0v) is 16.5. The lowest BCUT2D eigenvalue weighted by atomic mass is 9.83. The van der Waals surface area contributed by atoms with Gasteiger partial charge in [0.1, 0.15) is 6.10 Å². The third-order valence-corrected chi connectivity index (χ3v) is 7.64. The molecule has 1 saturated heterocycles. The second kappa shape index (κ2) is 6.82. The van der Waals surface area contributed by atoms with Crippen LogP contribution >= 0.6 is 0 Å². The van der Waals surface area contributed by atoms with Crippen molar-refractivity contribution in [3.8, 4) is 0 Å². The van der Waals surface area contributed by atoms with Crippen LogP contribution < -0.4 is 5.32 Å². The van der Waals surface area contributed by atoms with E-state index in [1.807, 2.05) is 13.8 Å². The van der Waals surface area contributed by atoms with Gasteiger partial charge in [0.25, 0.3) is 10.1 Å². The Morgan fingerprint density at radius 3 is 2.72 bits per heavy atom. The number of nitrogens with one attached hydrogen (secondary N) is 1. The van der Waals surface area contributed by atoms with E-state index in [1.54, 1.807) is 0 Å². The third kappa shape index (κ3) is 3.74. The third-order valence-electron chi connectivity index (χ3n) is 5.86. The van der Waals surface area contributed by atoms with Crippen molar-refractivity contribution in [3.05, 3.63) is 0 Å². The second-order valence-corrected chi connectivity index (χ2v) is 10.7. The van der Waals surface area contributed by atoms with Crippen molar-refractivity contribution in [1.82, 2.24) is 5.32 Å². The average molecular weight is 374 g/mol. The summed E-state index contributed by atoms with van der Waals surface area (Å²) < 4.78 is 35.1. The Labute approximate surface area is 151 Å². The quantitative estimate of drug-likeness (QED) is 0.520. The highest BCUT2D eigenvalue weighted by Gasteiger charge is 2.64. The fourth-order valence-corrected chi connectivity index (χ4v) is 6.84. The number of carbonyl (C=O) groups excluding carboxylic acids is 1. The molecule has 2 bridgehead atoms. The smallest absolute Gasteiger partial charge is 0.270 e. The normalized spacial score (nSPS) is 35.5. The lowest BCUT2D eigenvalue weighted by molar-refractivity contribution is -0.130. The maximum Gasteiger partial charge on any atom is 0.270 e. The molecule has 1 heterocycles. The van der Waals surface area contributed by atoms with E-state index in [0.29, 0.717) is 31.4 Å². The molecule has 3 rings (SSSR count). The second-order valence-electron chi connectivity index (χ2n) is 8.91. The van der Waals surface area contributed by atoms with Gasteiger partial charge in [-0.1, -0.05) is 27.7 Å². The van der Waals surface area contributed by atoms with Gasteiger partial charge < -0.3 is 10.1 Å². The molecule has 2 saturated carbocycles. The highest BCUT2D eigenvalue weighted by atomic mass is 32.2. The van der Waals surface area contributed by atoms with Crippen LogP contribution in [0.1, 0.15) is 53.4 Å². The van der Waals surface area contributed by atoms with Gasteiger partial charge in [-0.3, -0.25) is 8.98 Å². The first-order valence-corrected chi connectivity index (χ1v) is 10.9. The average Bonchev–Trinajstić information content (AvgIpc) is 3.08. The minimum Gasteiger partial charge on any atom is -0.375 e. The maximum atomic E-state index is 12.3. The summed E-state index contributed by atoms with van der Waals surface area (Å²) in [7, 11) is -3.37. The Bertz CT molecular complexity index is 615. The standard InChI is InChI=1S/C18H31NO5S/c1-11(2)10-18(3,4)17(20)19-6-5-7-23-15-12-8-13-14(9-12)25(21,22)24-16(13)15/h11-16H,5-10H2,1-4H3,(H,19,20). The van der Waals surface area contributed by atoms with E-state index in [4.69, 9.17) is 8.92 Å². The van der Waals surface area contributed by atoms with Gasteiger partial charge in [0.05, 0.1) is 11.4 Å². The molecule has 1 amide bonds. The Balaban J connectivity index is 1.38. The highest BCUT2D eigenvalue weighted by molar-refractivity contribution is 7.87. The molecule has 144 valence electrons. The van der Waals surface area contributed by atoms with Crippen molar-refractivity contribution in [3.63, 3.8) is 0 Å². The molecule has 2 aliphatic carbocycles. The number of carbonyl (C=O) groups is 1. The monoisotopic (exact) mass is 373 g/mol. The summed E-state index contributed by atoms with van der Waals surface area (Å²) >= 11 is 0. The van der Waals surface area contributed by atoms with Gasteiger partial charge in [-0.05, 0) is 37.5 Å². The van der Waals surface area contributed by atoms with Crippen LogP contribution in [-0.2, 0) is 23.8 Å². The molecule has 0 aromatic rings. The molecule has 1 aliphatic heterocycles. The van der Waals surface area contributed by atoms with Gasteiger partial charge in [-0.25, -0.2) is 0 Å². The molecule has 0 aromatic heterocycles. The number of hydrogen-bond donors (Lipinski definition) is 1. The van der Waals surface area contributed by atoms with Gasteiger partial charge in [-0.2, -0.15) is 8.42 Å². The van der Waals surface area contributed by atoms with Crippen LogP contribution in [0.25, 0.3) is 0 Å². The molecular formula is C18H31NO5S. The Hall–Kier alpha value is -0.660. The molecule has 3 fully saturated rings. The van der Waals surface area contributed by atoms with Crippen LogP contribution in [0.15, 0.2) is 0 Å². The van der Waals surface area contributed by atoms with Crippen molar-refractivity contribution in [2.45, 2.75) is 70.8 Å². The van der Waals surface area contributed by atoms with Crippen molar-refractivity contribution >= 4 is 16.0 Å². The molecular weight excluding hydrogens is 342 g/mol.